The van der Waals surface area contributed by atoms with E-state index in [0.717, 1.165) is 5.52 Å². The van der Waals surface area contributed by atoms with Gasteiger partial charge in [-0.3, -0.25) is 4.72 Å². The van der Waals surface area contributed by atoms with Crippen molar-refractivity contribution in [2.45, 2.75) is 49.5 Å². The largest absolute Gasteiger partial charge is 0.490 e. The molecule has 4 aromatic rings. The Balaban J connectivity index is 0.000000707. The van der Waals surface area contributed by atoms with Gasteiger partial charge in [0, 0.05) is 24.3 Å². The number of β-amino-alcohol motifs (C(OH)–C–C–N with tert-alkyl or cyclic N) is 1. The lowest BCUT2D eigenvalue weighted by Crippen LogP contribution is -2.42. The van der Waals surface area contributed by atoms with Gasteiger partial charge in [-0.2, -0.15) is 13.2 Å². The van der Waals surface area contributed by atoms with Gasteiger partial charge in [-0.25, -0.2) is 23.0 Å². The summed E-state index contributed by atoms with van der Waals surface area (Å²) in [5.74, 6) is -3.86. The van der Waals surface area contributed by atoms with Gasteiger partial charge in [-0.1, -0.05) is 41.9 Å². The van der Waals surface area contributed by atoms with Crippen LogP contribution >= 0.6 is 11.6 Å². The number of hydrogen-bond acceptors (Lipinski definition) is 7. The van der Waals surface area contributed by atoms with E-state index in [1.54, 1.807) is 54.9 Å². The smallest absolute Gasteiger partial charge is 0.478 e. The van der Waals surface area contributed by atoms with E-state index in [0.29, 0.717) is 29.7 Å². The topological polar surface area (TPSA) is 171 Å². The number of carboxylic acid groups (broad SMARTS) is 2. The van der Waals surface area contributed by atoms with E-state index in [-0.39, 0.29) is 27.6 Å². The molecule has 16 heteroatoms. The van der Waals surface area contributed by atoms with Crippen LogP contribution in [0, 0.1) is 0 Å². The number of hydrogen-bond donors (Lipinski definition) is 5. The SMILES string of the molecule is CC(C)(CCn1cnc2cc(C(=O)O)c(Cl)cc21)NC[C@H](O)c1cccc(NS(=O)(=O)c2ccccc2)c1.O=C(O)C(F)(F)F. The van der Waals surface area contributed by atoms with E-state index >= 15 is 0 Å². The summed E-state index contributed by atoms with van der Waals surface area (Å²) < 4.78 is 61.5. The molecule has 0 spiro atoms. The molecule has 11 nitrogen and oxygen atoms in total. The molecule has 0 unspecified atom stereocenters. The molecule has 0 radical (unpaired) electrons. The molecule has 0 bridgehead atoms. The van der Waals surface area contributed by atoms with E-state index in [4.69, 9.17) is 21.5 Å². The molecule has 0 aliphatic rings. The monoisotopic (exact) mass is 670 g/mol. The van der Waals surface area contributed by atoms with Crippen molar-refractivity contribution in [1.82, 2.24) is 14.9 Å². The minimum atomic E-state index is -5.08. The van der Waals surface area contributed by atoms with Crippen molar-refractivity contribution in [2.75, 3.05) is 11.3 Å². The van der Waals surface area contributed by atoms with E-state index < -0.39 is 34.2 Å². The van der Waals surface area contributed by atoms with Crippen LogP contribution in [0.2, 0.25) is 5.02 Å². The molecule has 0 fully saturated rings. The summed E-state index contributed by atoms with van der Waals surface area (Å²) in [6, 6.07) is 17.8. The highest BCUT2D eigenvalue weighted by molar-refractivity contribution is 7.92. The first-order valence-corrected chi connectivity index (χ1v) is 15.0. The third kappa shape index (κ3) is 9.91. The van der Waals surface area contributed by atoms with Crippen LogP contribution in [0.4, 0.5) is 18.9 Å². The van der Waals surface area contributed by atoms with Crippen LogP contribution in [0.25, 0.3) is 11.0 Å². The number of aliphatic hydroxyl groups is 1. The fourth-order valence-corrected chi connectivity index (χ4v) is 5.33. The zero-order valence-corrected chi connectivity index (χ0v) is 25.5. The average Bonchev–Trinajstić information content (AvgIpc) is 3.36. The molecule has 1 atom stereocenters. The highest BCUT2D eigenvalue weighted by Crippen LogP contribution is 2.25. The van der Waals surface area contributed by atoms with E-state index in [1.165, 1.54) is 18.2 Å². The van der Waals surface area contributed by atoms with Gasteiger partial charge in [-0.15, -0.1) is 0 Å². The molecule has 4 rings (SSSR count). The number of carbonyl (C=O) groups is 2. The number of alkyl halides is 3. The molecule has 0 aliphatic heterocycles. The van der Waals surface area contributed by atoms with Crippen molar-refractivity contribution in [3.05, 3.63) is 89.2 Å². The third-order valence-electron chi connectivity index (χ3n) is 6.51. The lowest BCUT2D eigenvalue weighted by Gasteiger charge is -2.28. The molecule has 242 valence electrons. The molecule has 0 aliphatic carbocycles. The first-order valence-electron chi connectivity index (χ1n) is 13.2. The number of halogens is 4. The number of imidazole rings is 1. The second-order valence-corrected chi connectivity index (χ2v) is 12.5. The lowest BCUT2D eigenvalue weighted by atomic mass is 9.99. The highest BCUT2D eigenvalue weighted by atomic mass is 35.5. The molecule has 3 aromatic carbocycles. The summed E-state index contributed by atoms with van der Waals surface area (Å²) in [4.78, 5) is 24.7. The zero-order chi connectivity index (χ0) is 33.6. The van der Waals surface area contributed by atoms with Crippen LogP contribution in [-0.4, -0.2) is 63.5 Å². The minimum absolute atomic E-state index is 0.0114. The molecule has 0 amide bonds. The standard InChI is InChI=1S/C27H29ClN4O5S.C2HF3O2/c1-27(2,11-12-32-17-29-23-14-21(26(34)35)22(28)15-24(23)32)30-16-25(33)18-7-6-8-19(13-18)31-38(36,37)20-9-4-3-5-10-20;3-2(4,5)1(6)7/h3-10,13-15,17,25,30-31,33H,11-12,16H2,1-2H3,(H,34,35);(H,6,7)/t25-;/m0./s1. The number of benzene rings is 3. The summed E-state index contributed by atoms with van der Waals surface area (Å²) in [6.45, 7) is 4.87. The van der Waals surface area contributed by atoms with Gasteiger partial charge < -0.3 is 25.2 Å². The number of aromatic carboxylic acids is 1. The molecule has 5 N–H and O–H groups in total. The fourth-order valence-electron chi connectivity index (χ4n) is 4.02. The number of anilines is 1. The Morgan fingerprint density at radius 1 is 1.02 bits per heavy atom. The Bertz CT molecular complexity index is 1760. The van der Waals surface area contributed by atoms with E-state index in [1.807, 2.05) is 18.4 Å². The van der Waals surface area contributed by atoms with E-state index in [9.17, 15) is 36.6 Å². The van der Waals surface area contributed by atoms with Crippen molar-refractivity contribution in [3.63, 3.8) is 0 Å². The lowest BCUT2D eigenvalue weighted by molar-refractivity contribution is -0.192. The fraction of sp³-hybridized carbons (Fsp3) is 0.276. The van der Waals surface area contributed by atoms with Crippen LogP contribution in [0.3, 0.4) is 0 Å². The van der Waals surface area contributed by atoms with Gasteiger partial charge in [0.1, 0.15) is 0 Å². The summed E-state index contributed by atoms with van der Waals surface area (Å²) in [5, 5.41) is 30.7. The van der Waals surface area contributed by atoms with Gasteiger partial charge in [-0.05, 0) is 62.2 Å². The Kier molecular flexibility index (Phi) is 11.2. The predicted molar refractivity (Wildman–Crippen MR) is 161 cm³/mol. The van der Waals surface area contributed by atoms with Gasteiger partial charge in [0.15, 0.2) is 0 Å². The number of nitrogens with zero attached hydrogens (tertiary/aromatic N) is 2. The maximum absolute atomic E-state index is 12.6. The first-order chi connectivity index (χ1) is 20.9. The molecule has 0 saturated carbocycles. The summed E-state index contributed by atoms with van der Waals surface area (Å²) >= 11 is 6.14. The van der Waals surface area contributed by atoms with Crippen molar-refractivity contribution in [2.24, 2.45) is 0 Å². The van der Waals surface area contributed by atoms with Crippen molar-refractivity contribution in [3.8, 4) is 0 Å². The van der Waals surface area contributed by atoms with Crippen molar-refractivity contribution in [1.29, 1.82) is 0 Å². The second-order valence-electron chi connectivity index (χ2n) is 10.4. The summed E-state index contributed by atoms with van der Waals surface area (Å²) in [6.07, 6.45) is -3.61. The highest BCUT2D eigenvalue weighted by Gasteiger charge is 2.38. The van der Waals surface area contributed by atoms with Gasteiger partial charge >= 0.3 is 18.1 Å². The number of aromatic nitrogens is 2. The Morgan fingerprint density at radius 3 is 2.27 bits per heavy atom. The zero-order valence-electron chi connectivity index (χ0n) is 23.9. The number of carboxylic acids is 2. The third-order valence-corrected chi connectivity index (χ3v) is 8.22. The average molecular weight is 671 g/mol. The quantitative estimate of drug-likeness (QED) is 0.142. The normalized spacial score (nSPS) is 12.7. The van der Waals surface area contributed by atoms with Gasteiger partial charge in [0.25, 0.3) is 10.0 Å². The predicted octanol–water partition coefficient (Wildman–Crippen LogP) is 5.31. The summed E-state index contributed by atoms with van der Waals surface area (Å²) in [5.41, 5.74) is 1.88. The van der Waals surface area contributed by atoms with Crippen LogP contribution in [0.1, 0.15) is 42.3 Å². The molecule has 0 saturated heterocycles. The number of aliphatic hydroxyl groups excluding tert-OH is 1. The molecular weight excluding hydrogens is 641 g/mol. The maximum atomic E-state index is 12.6. The number of rotatable bonds is 11. The van der Waals surface area contributed by atoms with Gasteiger partial charge in [0.05, 0.1) is 38.9 Å². The van der Waals surface area contributed by atoms with Crippen LogP contribution in [-0.2, 0) is 21.4 Å². The Labute approximate surface area is 261 Å². The minimum Gasteiger partial charge on any atom is -0.478 e. The van der Waals surface area contributed by atoms with E-state index in [2.05, 4.69) is 15.0 Å². The number of fused-ring (bicyclic) bond motifs is 1. The van der Waals surface area contributed by atoms with Crippen LogP contribution in [0.5, 0.6) is 0 Å². The number of aliphatic carboxylic acids is 1. The van der Waals surface area contributed by atoms with Crippen molar-refractivity contribution < 1.29 is 46.5 Å². The van der Waals surface area contributed by atoms with Crippen molar-refractivity contribution >= 4 is 50.3 Å². The molecule has 1 aromatic heterocycles. The number of sulfonamides is 1. The summed E-state index contributed by atoms with van der Waals surface area (Å²) in [7, 11) is -3.74. The molecule has 45 heavy (non-hydrogen) atoms. The maximum Gasteiger partial charge on any atom is 0.490 e. The Hall–Kier alpha value is -4.18. The molecule has 1 heterocycles. The number of aryl methyl sites for hydroxylation is 1. The second kappa shape index (κ2) is 14.3. The first kappa shape index (κ1) is 35.3. The van der Waals surface area contributed by atoms with Crippen LogP contribution < -0.4 is 10.0 Å². The Morgan fingerprint density at radius 2 is 1.67 bits per heavy atom. The van der Waals surface area contributed by atoms with Gasteiger partial charge in [0.2, 0.25) is 0 Å². The van der Waals surface area contributed by atoms with Crippen LogP contribution in [0.15, 0.2) is 78.0 Å². The molecular formula is C29H30ClF3N4O7S. The number of nitrogens with one attached hydrogen (secondary N) is 2.